The molecule has 0 aromatic carbocycles. The molecule has 0 amide bonds. The summed E-state index contributed by atoms with van der Waals surface area (Å²) in [5.74, 6) is 0.0765. The van der Waals surface area contributed by atoms with E-state index in [1.165, 1.54) is 6.20 Å². The molecule has 19 heavy (non-hydrogen) atoms. The van der Waals surface area contributed by atoms with Crippen LogP contribution in [0.5, 0.6) is 0 Å². The van der Waals surface area contributed by atoms with Gasteiger partial charge in [0.05, 0.1) is 30.4 Å². The van der Waals surface area contributed by atoms with Crippen LogP contribution < -0.4 is 4.90 Å². The summed E-state index contributed by atoms with van der Waals surface area (Å²) in [5.41, 5.74) is 0.936. The number of hydrogen-bond donors (Lipinski definition) is 0. The number of aromatic nitrogens is 2. The molecule has 0 aliphatic heterocycles. The average Bonchev–Trinajstić information content (AvgIpc) is 2.38. The SMILES string of the molecule is CCOC(=O)c1cnc(N(C)C(C)CC#N)nc1C. The lowest BCUT2D eigenvalue weighted by molar-refractivity contribution is 0.0524. The van der Waals surface area contributed by atoms with Gasteiger partial charge in [0, 0.05) is 19.3 Å². The van der Waals surface area contributed by atoms with Crippen LogP contribution >= 0.6 is 0 Å². The van der Waals surface area contributed by atoms with E-state index in [1.54, 1.807) is 13.8 Å². The van der Waals surface area contributed by atoms with E-state index < -0.39 is 5.97 Å². The quantitative estimate of drug-likeness (QED) is 0.751. The van der Waals surface area contributed by atoms with E-state index in [0.29, 0.717) is 30.2 Å². The Balaban J connectivity index is 2.94. The number of nitrogens with zero attached hydrogens (tertiary/aromatic N) is 4. The van der Waals surface area contributed by atoms with Gasteiger partial charge < -0.3 is 9.64 Å². The molecular formula is C13H18N4O2. The second-order valence-electron chi connectivity index (χ2n) is 4.21. The van der Waals surface area contributed by atoms with Gasteiger partial charge in [0.1, 0.15) is 0 Å². The molecular weight excluding hydrogens is 244 g/mol. The molecule has 102 valence electrons. The van der Waals surface area contributed by atoms with Gasteiger partial charge in [-0.15, -0.1) is 0 Å². The molecule has 6 heteroatoms. The predicted molar refractivity (Wildman–Crippen MR) is 70.8 cm³/mol. The molecule has 0 bridgehead atoms. The van der Waals surface area contributed by atoms with E-state index in [1.807, 2.05) is 18.9 Å². The highest BCUT2D eigenvalue weighted by Gasteiger charge is 2.16. The van der Waals surface area contributed by atoms with Crippen molar-refractivity contribution in [2.45, 2.75) is 33.2 Å². The lowest BCUT2D eigenvalue weighted by Gasteiger charge is -2.23. The van der Waals surface area contributed by atoms with Crippen molar-refractivity contribution in [3.63, 3.8) is 0 Å². The summed E-state index contributed by atoms with van der Waals surface area (Å²) in [6.45, 7) is 5.72. The van der Waals surface area contributed by atoms with Gasteiger partial charge in [-0.1, -0.05) is 0 Å². The van der Waals surface area contributed by atoms with E-state index in [2.05, 4.69) is 16.0 Å². The summed E-state index contributed by atoms with van der Waals surface area (Å²) in [6.07, 6.45) is 1.85. The molecule has 0 aliphatic carbocycles. The third kappa shape index (κ3) is 3.65. The molecule has 1 aromatic heterocycles. The van der Waals surface area contributed by atoms with Crippen molar-refractivity contribution in [3.05, 3.63) is 17.5 Å². The van der Waals surface area contributed by atoms with E-state index in [9.17, 15) is 4.79 Å². The van der Waals surface area contributed by atoms with Crippen molar-refractivity contribution in [3.8, 4) is 6.07 Å². The highest BCUT2D eigenvalue weighted by atomic mass is 16.5. The van der Waals surface area contributed by atoms with Gasteiger partial charge in [0.2, 0.25) is 5.95 Å². The molecule has 1 atom stereocenters. The van der Waals surface area contributed by atoms with Crippen LogP contribution in [0, 0.1) is 18.3 Å². The Bertz CT molecular complexity index is 496. The van der Waals surface area contributed by atoms with Crippen LogP contribution in [-0.4, -0.2) is 35.6 Å². The zero-order chi connectivity index (χ0) is 14.4. The summed E-state index contributed by atoms with van der Waals surface area (Å²) in [6, 6.07) is 2.12. The molecule has 0 saturated carbocycles. The van der Waals surface area contributed by atoms with Crippen LogP contribution in [-0.2, 0) is 4.74 Å². The standard InChI is InChI=1S/C13H18N4O2/c1-5-19-12(18)11-8-15-13(16-10(11)3)17(4)9(2)6-7-14/h8-9H,5-6H2,1-4H3. The third-order valence-electron chi connectivity index (χ3n) is 2.83. The molecule has 6 nitrogen and oxygen atoms in total. The normalized spacial score (nSPS) is 11.5. The Labute approximate surface area is 113 Å². The second-order valence-corrected chi connectivity index (χ2v) is 4.21. The minimum Gasteiger partial charge on any atom is -0.462 e. The Morgan fingerprint density at radius 1 is 1.63 bits per heavy atom. The lowest BCUT2D eigenvalue weighted by atomic mass is 10.2. The monoisotopic (exact) mass is 262 g/mol. The molecule has 0 aliphatic rings. The van der Waals surface area contributed by atoms with E-state index >= 15 is 0 Å². The molecule has 1 heterocycles. The fourth-order valence-corrected chi connectivity index (χ4v) is 1.50. The Morgan fingerprint density at radius 2 is 2.32 bits per heavy atom. The minimum absolute atomic E-state index is 0.0119. The van der Waals surface area contributed by atoms with E-state index in [4.69, 9.17) is 10.00 Å². The van der Waals surface area contributed by atoms with Gasteiger partial charge in [0.15, 0.2) is 0 Å². The van der Waals surface area contributed by atoms with Crippen LogP contribution in [0.15, 0.2) is 6.20 Å². The predicted octanol–water partition coefficient (Wildman–Crippen LogP) is 1.70. The van der Waals surface area contributed by atoms with Crippen molar-refractivity contribution >= 4 is 11.9 Å². The molecule has 1 aromatic rings. The topological polar surface area (TPSA) is 79.1 Å². The first kappa shape index (κ1) is 14.9. The number of carbonyl (C=O) groups excluding carboxylic acids is 1. The lowest BCUT2D eigenvalue weighted by Crippen LogP contribution is -2.30. The van der Waals surface area contributed by atoms with Crippen LogP contribution in [0.1, 0.15) is 36.3 Å². The highest BCUT2D eigenvalue weighted by molar-refractivity contribution is 5.90. The van der Waals surface area contributed by atoms with Gasteiger partial charge in [-0.25, -0.2) is 14.8 Å². The zero-order valence-electron chi connectivity index (χ0n) is 11.7. The van der Waals surface area contributed by atoms with Gasteiger partial charge in [-0.3, -0.25) is 0 Å². The first-order valence-electron chi connectivity index (χ1n) is 6.11. The fourth-order valence-electron chi connectivity index (χ4n) is 1.50. The van der Waals surface area contributed by atoms with Crippen molar-refractivity contribution < 1.29 is 9.53 Å². The number of esters is 1. The molecule has 0 N–H and O–H groups in total. The number of carbonyl (C=O) groups is 1. The van der Waals surface area contributed by atoms with Crippen LogP contribution in [0.4, 0.5) is 5.95 Å². The van der Waals surface area contributed by atoms with Crippen LogP contribution in [0.2, 0.25) is 0 Å². The molecule has 0 saturated heterocycles. The summed E-state index contributed by atoms with van der Waals surface area (Å²) >= 11 is 0. The molecule has 0 spiro atoms. The van der Waals surface area contributed by atoms with Gasteiger partial charge >= 0.3 is 5.97 Å². The molecule has 0 radical (unpaired) electrons. The first-order chi connectivity index (χ1) is 9.01. The Kier molecular flexibility index (Phi) is 5.24. The Morgan fingerprint density at radius 3 is 2.84 bits per heavy atom. The molecule has 0 fully saturated rings. The van der Waals surface area contributed by atoms with Gasteiger partial charge in [-0.05, 0) is 20.8 Å². The first-order valence-corrected chi connectivity index (χ1v) is 6.11. The van der Waals surface area contributed by atoms with Crippen molar-refractivity contribution in [2.24, 2.45) is 0 Å². The largest absolute Gasteiger partial charge is 0.462 e. The number of hydrogen-bond acceptors (Lipinski definition) is 6. The van der Waals surface area contributed by atoms with Crippen LogP contribution in [0.3, 0.4) is 0 Å². The fraction of sp³-hybridized carbons (Fsp3) is 0.538. The minimum atomic E-state index is -0.417. The van der Waals surface area contributed by atoms with Crippen LogP contribution in [0.25, 0.3) is 0 Å². The van der Waals surface area contributed by atoms with Gasteiger partial charge in [0.25, 0.3) is 0 Å². The summed E-state index contributed by atoms with van der Waals surface area (Å²) in [4.78, 5) is 21.9. The average molecular weight is 262 g/mol. The molecule has 1 unspecified atom stereocenters. The smallest absolute Gasteiger partial charge is 0.341 e. The maximum absolute atomic E-state index is 11.6. The van der Waals surface area contributed by atoms with E-state index in [0.717, 1.165) is 0 Å². The highest BCUT2D eigenvalue weighted by Crippen LogP contribution is 2.14. The maximum Gasteiger partial charge on any atom is 0.341 e. The number of anilines is 1. The second kappa shape index (κ2) is 6.69. The number of ether oxygens (including phenoxy) is 1. The number of rotatable bonds is 5. The van der Waals surface area contributed by atoms with Gasteiger partial charge in [-0.2, -0.15) is 5.26 Å². The Hall–Kier alpha value is -2.16. The summed E-state index contributed by atoms with van der Waals surface area (Å²) in [7, 11) is 1.82. The molecule has 1 rings (SSSR count). The van der Waals surface area contributed by atoms with Crippen molar-refractivity contribution in [2.75, 3.05) is 18.6 Å². The third-order valence-corrected chi connectivity index (χ3v) is 2.83. The summed E-state index contributed by atoms with van der Waals surface area (Å²) in [5, 5.41) is 8.68. The maximum atomic E-state index is 11.6. The van der Waals surface area contributed by atoms with Crippen molar-refractivity contribution in [1.82, 2.24) is 9.97 Å². The summed E-state index contributed by atoms with van der Waals surface area (Å²) < 4.78 is 4.92. The number of nitriles is 1. The zero-order valence-corrected chi connectivity index (χ0v) is 11.7. The van der Waals surface area contributed by atoms with Crippen molar-refractivity contribution in [1.29, 1.82) is 5.26 Å². The number of aryl methyl sites for hydroxylation is 1. The van der Waals surface area contributed by atoms with E-state index in [-0.39, 0.29) is 6.04 Å².